The first kappa shape index (κ1) is 15.8. The number of likely N-dealkylation sites (N-methyl/N-ethyl adjacent to an activating group) is 1. The van der Waals surface area contributed by atoms with Gasteiger partial charge in [-0.05, 0) is 24.2 Å². The molecule has 0 fully saturated rings. The van der Waals surface area contributed by atoms with Gasteiger partial charge in [0.1, 0.15) is 10.7 Å². The summed E-state index contributed by atoms with van der Waals surface area (Å²) >= 11 is 0. The Morgan fingerprint density at radius 2 is 2.16 bits per heavy atom. The Hall–Kier alpha value is -1.24. The zero-order valence-electron chi connectivity index (χ0n) is 11.2. The average molecular weight is 286 g/mol. The smallest absolute Gasteiger partial charge is 0.246 e. The third-order valence-corrected chi connectivity index (χ3v) is 4.49. The summed E-state index contributed by atoms with van der Waals surface area (Å²) in [6, 6.07) is 4.12. The van der Waals surface area contributed by atoms with Crippen LogP contribution in [0.25, 0.3) is 0 Å². The van der Waals surface area contributed by atoms with E-state index < -0.39 is 15.8 Å². The lowest BCUT2D eigenvalue weighted by Crippen LogP contribution is -2.28. The monoisotopic (exact) mass is 286 g/mol. The molecule has 19 heavy (non-hydrogen) atoms. The fourth-order valence-corrected chi connectivity index (χ4v) is 2.82. The van der Waals surface area contributed by atoms with Crippen molar-refractivity contribution in [1.82, 2.24) is 9.62 Å². The van der Waals surface area contributed by atoms with Crippen LogP contribution in [0.1, 0.15) is 12.5 Å². The first-order valence-corrected chi connectivity index (χ1v) is 7.43. The molecular weight excluding hydrogens is 267 g/mol. The molecule has 0 radical (unpaired) electrons. The fraction of sp³-hybridized carbons (Fsp3) is 0.385. The molecule has 4 nitrogen and oxygen atoms in total. The van der Waals surface area contributed by atoms with Gasteiger partial charge in [0, 0.05) is 20.1 Å². The van der Waals surface area contributed by atoms with Gasteiger partial charge in [-0.25, -0.2) is 12.8 Å². The molecule has 0 amide bonds. The summed E-state index contributed by atoms with van der Waals surface area (Å²) in [4.78, 5) is -0.299. The minimum absolute atomic E-state index is 0.138. The number of rotatable bonds is 7. The molecule has 1 aromatic rings. The minimum atomic E-state index is -3.82. The van der Waals surface area contributed by atoms with Gasteiger partial charge in [0.15, 0.2) is 0 Å². The molecule has 0 aliphatic heterocycles. The number of halogens is 1. The van der Waals surface area contributed by atoms with E-state index in [0.717, 1.165) is 16.4 Å². The van der Waals surface area contributed by atoms with Crippen LogP contribution in [-0.2, 0) is 16.6 Å². The second kappa shape index (κ2) is 6.79. The number of benzene rings is 1. The predicted molar refractivity (Wildman–Crippen MR) is 73.8 cm³/mol. The number of nitrogens with zero attached hydrogens (tertiary/aromatic N) is 1. The van der Waals surface area contributed by atoms with E-state index in [4.69, 9.17) is 0 Å². The number of hydrogen-bond donors (Lipinski definition) is 1. The van der Waals surface area contributed by atoms with Gasteiger partial charge in [-0.3, -0.25) is 0 Å². The van der Waals surface area contributed by atoms with Gasteiger partial charge in [-0.2, -0.15) is 4.31 Å². The Labute approximate surface area is 114 Å². The van der Waals surface area contributed by atoms with E-state index in [-0.39, 0.29) is 11.4 Å². The highest BCUT2D eigenvalue weighted by Gasteiger charge is 2.23. The highest BCUT2D eigenvalue weighted by molar-refractivity contribution is 7.89. The van der Waals surface area contributed by atoms with Crippen molar-refractivity contribution in [3.8, 4) is 0 Å². The second-order valence-electron chi connectivity index (χ2n) is 4.12. The van der Waals surface area contributed by atoms with E-state index >= 15 is 0 Å². The van der Waals surface area contributed by atoms with Gasteiger partial charge in [0.05, 0.1) is 0 Å². The molecule has 1 N–H and O–H groups in total. The summed E-state index contributed by atoms with van der Waals surface area (Å²) in [6.45, 7) is 6.82. The Kier molecular flexibility index (Phi) is 5.65. The molecule has 0 atom stereocenters. The van der Waals surface area contributed by atoms with Crippen LogP contribution in [0.3, 0.4) is 0 Å². The van der Waals surface area contributed by atoms with Crippen LogP contribution in [0.2, 0.25) is 0 Å². The van der Waals surface area contributed by atoms with E-state index in [2.05, 4.69) is 11.9 Å². The topological polar surface area (TPSA) is 49.4 Å². The van der Waals surface area contributed by atoms with Crippen molar-refractivity contribution in [1.29, 1.82) is 0 Å². The molecule has 0 saturated carbocycles. The predicted octanol–water partition coefficient (Wildman–Crippen LogP) is 1.74. The van der Waals surface area contributed by atoms with Gasteiger partial charge >= 0.3 is 0 Å². The maximum absolute atomic E-state index is 13.7. The maximum atomic E-state index is 13.7. The van der Waals surface area contributed by atoms with Crippen molar-refractivity contribution in [2.75, 3.05) is 20.1 Å². The largest absolute Gasteiger partial charge is 0.313 e. The van der Waals surface area contributed by atoms with Crippen LogP contribution in [0.5, 0.6) is 0 Å². The highest BCUT2D eigenvalue weighted by Crippen LogP contribution is 2.20. The molecule has 106 valence electrons. The van der Waals surface area contributed by atoms with Gasteiger partial charge in [0.25, 0.3) is 0 Å². The van der Waals surface area contributed by atoms with Crippen molar-refractivity contribution in [3.63, 3.8) is 0 Å². The normalized spacial score (nSPS) is 11.8. The molecule has 0 bridgehead atoms. The Balaban J connectivity index is 3.14. The SMILES string of the molecule is C=CCN(C)S(=O)(=O)c1cc(CNCC)ccc1F. The lowest BCUT2D eigenvalue weighted by molar-refractivity contribution is 0.489. The average Bonchev–Trinajstić information content (AvgIpc) is 2.37. The van der Waals surface area contributed by atoms with Crippen LogP contribution in [-0.4, -0.2) is 32.9 Å². The van der Waals surface area contributed by atoms with Crippen molar-refractivity contribution in [3.05, 3.63) is 42.2 Å². The van der Waals surface area contributed by atoms with Gasteiger partial charge in [0.2, 0.25) is 10.0 Å². The number of sulfonamides is 1. The molecule has 6 heteroatoms. The molecule has 0 aliphatic rings. The van der Waals surface area contributed by atoms with Gasteiger partial charge in [-0.1, -0.05) is 19.1 Å². The van der Waals surface area contributed by atoms with Crippen molar-refractivity contribution >= 4 is 10.0 Å². The molecule has 0 aliphatic carbocycles. The van der Waals surface area contributed by atoms with E-state index in [9.17, 15) is 12.8 Å². The summed E-state index contributed by atoms with van der Waals surface area (Å²) in [5.41, 5.74) is 0.730. The van der Waals surface area contributed by atoms with Gasteiger partial charge < -0.3 is 5.32 Å². The second-order valence-corrected chi connectivity index (χ2v) is 6.13. The highest BCUT2D eigenvalue weighted by atomic mass is 32.2. The lowest BCUT2D eigenvalue weighted by Gasteiger charge is -2.16. The third kappa shape index (κ3) is 3.86. The first-order chi connectivity index (χ1) is 8.93. The Morgan fingerprint density at radius 3 is 2.74 bits per heavy atom. The molecule has 0 saturated heterocycles. The summed E-state index contributed by atoms with van der Waals surface area (Å²) in [5, 5.41) is 3.07. The molecule has 0 aromatic heterocycles. The number of nitrogens with one attached hydrogen (secondary N) is 1. The summed E-state index contributed by atoms with van der Waals surface area (Å²) in [5.74, 6) is -0.740. The van der Waals surface area contributed by atoms with Crippen LogP contribution in [0.15, 0.2) is 35.7 Å². The summed E-state index contributed by atoms with van der Waals surface area (Å²) in [7, 11) is -2.42. The maximum Gasteiger partial charge on any atom is 0.246 e. The van der Waals surface area contributed by atoms with Crippen LogP contribution in [0, 0.1) is 5.82 Å². The fourth-order valence-electron chi connectivity index (χ4n) is 1.57. The minimum Gasteiger partial charge on any atom is -0.313 e. The van der Waals surface area contributed by atoms with Crippen LogP contribution < -0.4 is 5.32 Å². The zero-order valence-corrected chi connectivity index (χ0v) is 12.0. The summed E-state index contributed by atoms with van der Waals surface area (Å²) < 4.78 is 39.2. The van der Waals surface area contributed by atoms with E-state index in [1.54, 1.807) is 6.07 Å². The van der Waals surface area contributed by atoms with Crippen molar-refractivity contribution in [2.45, 2.75) is 18.4 Å². The van der Waals surface area contributed by atoms with Crippen LogP contribution in [0.4, 0.5) is 4.39 Å². The summed E-state index contributed by atoms with van der Waals surface area (Å²) in [6.07, 6.45) is 1.46. The third-order valence-electron chi connectivity index (χ3n) is 2.65. The molecule has 0 spiro atoms. The first-order valence-electron chi connectivity index (χ1n) is 5.99. The van der Waals surface area contributed by atoms with E-state index in [1.807, 2.05) is 6.92 Å². The Morgan fingerprint density at radius 1 is 1.47 bits per heavy atom. The Bertz CT molecular complexity index is 544. The van der Waals surface area contributed by atoms with E-state index in [0.29, 0.717) is 6.54 Å². The molecular formula is C13H19FN2O2S. The molecule has 0 unspecified atom stereocenters. The van der Waals surface area contributed by atoms with E-state index in [1.165, 1.54) is 25.3 Å². The molecule has 1 rings (SSSR count). The lowest BCUT2D eigenvalue weighted by atomic mass is 10.2. The van der Waals surface area contributed by atoms with Crippen molar-refractivity contribution < 1.29 is 12.8 Å². The standard InChI is InChI=1S/C13H19FN2O2S/c1-4-8-16(3)19(17,18)13-9-11(10-15-5-2)6-7-12(13)14/h4,6-7,9,15H,1,5,8,10H2,2-3H3. The molecule has 1 aromatic carbocycles. The van der Waals surface area contributed by atoms with Gasteiger partial charge in [-0.15, -0.1) is 6.58 Å². The van der Waals surface area contributed by atoms with Crippen LogP contribution >= 0.6 is 0 Å². The zero-order chi connectivity index (χ0) is 14.5. The number of hydrogen-bond acceptors (Lipinski definition) is 3. The van der Waals surface area contributed by atoms with Crippen molar-refractivity contribution in [2.24, 2.45) is 0 Å². The molecule has 0 heterocycles. The quantitative estimate of drug-likeness (QED) is 0.777.